The first-order chi connectivity index (χ1) is 11.2. The molecule has 122 valence electrons. The number of aromatic nitrogens is 1. The van der Waals surface area contributed by atoms with E-state index in [1.807, 2.05) is 18.5 Å². The van der Waals surface area contributed by atoms with Crippen LogP contribution in [0.1, 0.15) is 23.6 Å². The molecule has 23 heavy (non-hydrogen) atoms. The number of benzene rings is 1. The van der Waals surface area contributed by atoms with Gasteiger partial charge in [-0.1, -0.05) is 30.3 Å². The van der Waals surface area contributed by atoms with Crippen molar-refractivity contribution in [3.05, 3.63) is 65.5 Å². The van der Waals surface area contributed by atoms with Crippen LogP contribution >= 0.6 is 0 Å². The lowest BCUT2D eigenvalue weighted by atomic mass is 10.1. The summed E-state index contributed by atoms with van der Waals surface area (Å²) in [7, 11) is 2.08. The Labute approximate surface area is 139 Å². The van der Waals surface area contributed by atoms with Crippen molar-refractivity contribution in [3.8, 4) is 0 Å². The second-order valence-corrected chi connectivity index (χ2v) is 5.63. The number of nitrogens with zero attached hydrogens (tertiary/aromatic N) is 3. The Kier molecular flexibility index (Phi) is 6.60. The van der Waals surface area contributed by atoms with Crippen molar-refractivity contribution in [3.63, 3.8) is 0 Å². The van der Waals surface area contributed by atoms with Gasteiger partial charge in [0, 0.05) is 39.1 Å². The Morgan fingerprint density at radius 3 is 2.70 bits per heavy atom. The molecule has 0 aliphatic carbocycles. The zero-order valence-electron chi connectivity index (χ0n) is 14.3. The lowest BCUT2D eigenvalue weighted by Gasteiger charge is -2.22. The van der Waals surface area contributed by atoms with Crippen LogP contribution in [-0.2, 0) is 13.0 Å². The molecule has 0 amide bonds. The summed E-state index contributed by atoms with van der Waals surface area (Å²) in [4.78, 5) is 11.1. The quantitative estimate of drug-likeness (QED) is 0.658. The third kappa shape index (κ3) is 5.40. The number of aliphatic imine (C=N–C) groups is 1. The van der Waals surface area contributed by atoms with Crippen LogP contribution < -0.4 is 5.32 Å². The molecule has 0 aliphatic heterocycles. The predicted octanol–water partition coefficient (Wildman–Crippen LogP) is 3.03. The number of aryl methyl sites for hydroxylation is 1. The molecule has 0 bridgehead atoms. The van der Waals surface area contributed by atoms with E-state index in [0.717, 1.165) is 32.0 Å². The second-order valence-electron chi connectivity index (χ2n) is 5.63. The van der Waals surface area contributed by atoms with Gasteiger partial charge in [0.05, 0.1) is 0 Å². The second kappa shape index (κ2) is 8.93. The molecule has 1 N–H and O–H groups in total. The first kappa shape index (κ1) is 17.0. The monoisotopic (exact) mass is 310 g/mol. The predicted molar refractivity (Wildman–Crippen MR) is 96.6 cm³/mol. The van der Waals surface area contributed by atoms with Gasteiger partial charge >= 0.3 is 0 Å². The first-order valence-corrected chi connectivity index (χ1v) is 8.13. The molecule has 2 aromatic rings. The van der Waals surface area contributed by atoms with Gasteiger partial charge in [-0.2, -0.15) is 0 Å². The average Bonchev–Trinajstić information content (AvgIpc) is 2.56. The summed E-state index contributed by atoms with van der Waals surface area (Å²) < 4.78 is 0. The normalized spacial score (nSPS) is 11.3. The molecular weight excluding hydrogens is 284 g/mol. The van der Waals surface area contributed by atoms with Crippen molar-refractivity contribution in [2.24, 2.45) is 4.99 Å². The summed E-state index contributed by atoms with van der Waals surface area (Å²) in [5.41, 5.74) is 3.82. The highest BCUT2D eigenvalue weighted by Crippen LogP contribution is 2.07. The van der Waals surface area contributed by atoms with Crippen molar-refractivity contribution in [2.45, 2.75) is 26.8 Å². The Hall–Kier alpha value is -2.36. The maximum atomic E-state index is 4.76. The number of guanidine groups is 1. The van der Waals surface area contributed by atoms with E-state index < -0.39 is 0 Å². The summed E-state index contributed by atoms with van der Waals surface area (Å²) in [5, 5.41) is 3.37. The molecule has 0 saturated carbocycles. The summed E-state index contributed by atoms with van der Waals surface area (Å²) in [6.07, 6.45) is 4.69. The highest BCUT2D eigenvalue weighted by Gasteiger charge is 2.06. The number of rotatable bonds is 6. The Morgan fingerprint density at radius 1 is 1.22 bits per heavy atom. The number of pyridine rings is 1. The SMILES string of the molecule is CCNC(=NCCc1ccncc1C)N(C)Cc1ccccc1. The van der Waals surface area contributed by atoms with Gasteiger partial charge < -0.3 is 10.2 Å². The van der Waals surface area contributed by atoms with E-state index >= 15 is 0 Å². The topological polar surface area (TPSA) is 40.5 Å². The third-order valence-electron chi connectivity index (χ3n) is 3.74. The van der Waals surface area contributed by atoms with E-state index in [0.29, 0.717) is 0 Å². The molecule has 0 fully saturated rings. The van der Waals surface area contributed by atoms with Crippen molar-refractivity contribution in [1.29, 1.82) is 0 Å². The Bertz CT molecular complexity index is 622. The largest absolute Gasteiger partial charge is 0.357 e. The van der Waals surface area contributed by atoms with Gasteiger partial charge in [-0.15, -0.1) is 0 Å². The number of hydrogen-bond acceptors (Lipinski definition) is 2. The Balaban J connectivity index is 1.97. The van der Waals surface area contributed by atoms with Crippen LogP contribution in [-0.4, -0.2) is 36.0 Å². The lowest BCUT2D eigenvalue weighted by molar-refractivity contribution is 0.477. The molecule has 0 aliphatic rings. The van der Waals surface area contributed by atoms with E-state index in [9.17, 15) is 0 Å². The van der Waals surface area contributed by atoms with Crippen molar-refractivity contribution in [1.82, 2.24) is 15.2 Å². The van der Waals surface area contributed by atoms with Crippen molar-refractivity contribution < 1.29 is 0 Å². The molecule has 4 heteroatoms. The summed E-state index contributed by atoms with van der Waals surface area (Å²) in [5.74, 6) is 0.947. The van der Waals surface area contributed by atoms with Crippen molar-refractivity contribution >= 4 is 5.96 Å². The molecule has 1 aromatic carbocycles. The highest BCUT2D eigenvalue weighted by molar-refractivity contribution is 5.79. The first-order valence-electron chi connectivity index (χ1n) is 8.13. The molecule has 0 unspecified atom stereocenters. The van der Waals surface area contributed by atoms with E-state index in [1.165, 1.54) is 16.7 Å². The van der Waals surface area contributed by atoms with Crippen LogP contribution in [0.25, 0.3) is 0 Å². The zero-order valence-corrected chi connectivity index (χ0v) is 14.3. The molecule has 2 rings (SSSR count). The van der Waals surface area contributed by atoms with Crippen LogP contribution in [0.4, 0.5) is 0 Å². The fourth-order valence-electron chi connectivity index (χ4n) is 2.47. The zero-order chi connectivity index (χ0) is 16.5. The van der Waals surface area contributed by atoms with E-state index in [4.69, 9.17) is 4.99 Å². The van der Waals surface area contributed by atoms with Gasteiger partial charge in [-0.25, -0.2) is 0 Å². The molecular formula is C19H26N4. The average molecular weight is 310 g/mol. The standard InChI is InChI=1S/C19H26N4/c1-4-21-19(23(3)15-17-8-6-5-7-9-17)22-13-11-18-10-12-20-14-16(18)2/h5-10,12,14H,4,11,13,15H2,1-3H3,(H,21,22). The van der Waals surface area contributed by atoms with Gasteiger partial charge in [-0.3, -0.25) is 9.98 Å². The van der Waals surface area contributed by atoms with Crippen LogP contribution in [0.5, 0.6) is 0 Å². The van der Waals surface area contributed by atoms with Gasteiger partial charge in [0.15, 0.2) is 5.96 Å². The minimum absolute atomic E-state index is 0.770. The number of nitrogens with one attached hydrogen (secondary N) is 1. The maximum Gasteiger partial charge on any atom is 0.193 e. The smallest absolute Gasteiger partial charge is 0.193 e. The van der Waals surface area contributed by atoms with Gasteiger partial charge in [-0.05, 0) is 43.0 Å². The molecule has 1 aromatic heterocycles. The maximum absolute atomic E-state index is 4.76. The summed E-state index contributed by atoms with van der Waals surface area (Å²) in [6, 6.07) is 12.5. The van der Waals surface area contributed by atoms with Crippen LogP contribution in [0.2, 0.25) is 0 Å². The molecule has 0 saturated heterocycles. The lowest BCUT2D eigenvalue weighted by Crippen LogP contribution is -2.38. The molecule has 0 radical (unpaired) electrons. The van der Waals surface area contributed by atoms with E-state index in [2.05, 4.69) is 66.4 Å². The fraction of sp³-hybridized carbons (Fsp3) is 0.368. The molecule has 0 spiro atoms. The Morgan fingerprint density at radius 2 is 2.00 bits per heavy atom. The van der Waals surface area contributed by atoms with Crippen LogP contribution in [0.15, 0.2) is 53.8 Å². The van der Waals surface area contributed by atoms with Gasteiger partial charge in [0.1, 0.15) is 0 Å². The van der Waals surface area contributed by atoms with Gasteiger partial charge in [0.2, 0.25) is 0 Å². The van der Waals surface area contributed by atoms with Gasteiger partial charge in [0.25, 0.3) is 0 Å². The van der Waals surface area contributed by atoms with E-state index in [-0.39, 0.29) is 0 Å². The van der Waals surface area contributed by atoms with Crippen LogP contribution in [0, 0.1) is 6.92 Å². The third-order valence-corrected chi connectivity index (χ3v) is 3.74. The molecule has 1 heterocycles. The summed E-state index contributed by atoms with van der Waals surface area (Å²) >= 11 is 0. The highest BCUT2D eigenvalue weighted by atomic mass is 15.3. The molecule has 4 nitrogen and oxygen atoms in total. The van der Waals surface area contributed by atoms with Crippen molar-refractivity contribution in [2.75, 3.05) is 20.1 Å². The minimum Gasteiger partial charge on any atom is -0.357 e. The van der Waals surface area contributed by atoms with Crippen LogP contribution in [0.3, 0.4) is 0 Å². The summed E-state index contributed by atoms with van der Waals surface area (Å²) in [6.45, 7) is 6.68. The van der Waals surface area contributed by atoms with E-state index in [1.54, 1.807) is 0 Å². The number of hydrogen-bond donors (Lipinski definition) is 1. The molecule has 0 atom stereocenters. The fourth-order valence-corrected chi connectivity index (χ4v) is 2.47. The minimum atomic E-state index is 0.770.